The Bertz CT molecular complexity index is 1350. The molecule has 0 spiro atoms. The third kappa shape index (κ3) is 4.22. The first-order valence-electron chi connectivity index (χ1n) is 11.3. The van der Waals surface area contributed by atoms with Crippen molar-refractivity contribution < 1.29 is 14.3 Å². The number of aromatic nitrogens is 4. The molecule has 1 aliphatic carbocycles. The lowest BCUT2D eigenvalue weighted by Gasteiger charge is -2.09. The lowest BCUT2D eigenvalue weighted by atomic mass is 10.2. The normalized spacial score (nSPS) is 12.4. The maximum absolute atomic E-state index is 12.8. The Labute approximate surface area is 197 Å². The highest BCUT2D eigenvalue weighted by Crippen LogP contribution is 2.28. The Morgan fingerprint density at radius 1 is 0.941 bits per heavy atom. The van der Waals surface area contributed by atoms with Crippen LogP contribution in [0.5, 0.6) is 0 Å². The van der Waals surface area contributed by atoms with Gasteiger partial charge >= 0.3 is 5.97 Å². The number of rotatable bonds is 6. The van der Waals surface area contributed by atoms with Crippen LogP contribution in [-0.2, 0) is 22.4 Å². The third-order valence-corrected chi connectivity index (χ3v) is 5.84. The zero-order chi connectivity index (χ0) is 23.7. The number of fused-ring (bicyclic) bond motifs is 1. The molecule has 2 heterocycles. The predicted octanol–water partition coefficient (Wildman–Crippen LogP) is 3.96. The van der Waals surface area contributed by atoms with Gasteiger partial charge in [0.15, 0.2) is 12.3 Å². The molecule has 0 saturated heterocycles. The molecule has 8 nitrogen and oxygen atoms in total. The number of anilines is 1. The van der Waals surface area contributed by atoms with Crippen molar-refractivity contribution in [1.29, 1.82) is 0 Å². The van der Waals surface area contributed by atoms with Gasteiger partial charge in [0.25, 0.3) is 5.91 Å². The van der Waals surface area contributed by atoms with E-state index >= 15 is 0 Å². The number of nitrogens with one attached hydrogen (secondary N) is 1. The van der Waals surface area contributed by atoms with E-state index < -0.39 is 18.5 Å². The minimum Gasteiger partial charge on any atom is -0.451 e. The number of benzene rings is 2. The second kappa shape index (κ2) is 8.97. The third-order valence-electron chi connectivity index (χ3n) is 5.84. The summed E-state index contributed by atoms with van der Waals surface area (Å²) in [6, 6.07) is 19.3. The summed E-state index contributed by atoms with van der Waals surface area (Å²) >= 11 is 0. The van der Waals surface area contributed by atoms with Gasteiger partial charge in [-0.15, -0.1) is 0 Å². The molecule has 1 aliphatic rings. The highest BCUT2D eigenvalue weighted by molar-refractivity contribution is 5.95. The molecule has 5 rings (SSSR count). The molecule has 0 fully saturated rings. The smallest absolute Gasteiger partial charge is 0.359 e. The fourth-order valence-electron chi connectivity index (χ4n) is 4.23. The van der Waals surface area contributed by atoms with E-state index in [1.54, 1.807) is 10.7 Å². The number of carbonyl (C=O) groups excluding carboxylic acids is 2. The van der Waals surface area contributed by atoms with Crippen molar-refractivity contribution in [3.05, 3.63) is 88.9 Å². The molecular formula is C26H25N5O3. The van der Waals surface area contributed by atoms with E-state index in [9.17, 15) is 9.59 Å². The molecule has 4 aromatic rings. The Kier molecular flexibility index (Phi) is 5.71. The molecule has 0 bridgehead atoms. The van der Waals surface area contributed by atoms with Crippen molar-refractivity contribution in [3.8, 4) is 11.4 Å². The van der Waals surface area contributed by atoms with Crippen molar-refractivity contribution in [2.75, 3.05) is 11.9 Å². The lowest BCUT2D eigenvalue weighted by molar-refractivity contribution is -0.119. The summed E-state index contributed by atoms with van der Waals surface area (Å²) in [5.41, 5.74) is 5.83. The zero-order valence-electron chi connectivity index (χ0n) is 19.1. The Morgan fingerprint density at radius 3 is 2.44 bits per heavy atom. The Balaban J connectivity index is 1.29. The largest absolute Gasteiger partial charge is 0.451 e. The Morgan fingerprint density at radius 2 is 1.68 bits per heavy atom. The standard InChI is InChI=1S/C26H25N5O3/c1-17-11-13-20(14-12-17)31-23(15-18(2)28-31)27-24(32)16-34-26(33)25-21-9-6-10-22(21)30(29-25)19-7-4-3-5-8-19/h3-5,7-8,11-15H,6,9-10,16H2,1-2H3,(H,27,32). The van der Waals surface area contributed by atoms with Crippen molar-refractivity contribution in [2.24, 2.45) is 0 Å². The Hall–Kier alpha value is -4.20. The van der Waals surface area contributed by atoms with Gasteiger partial charge in [0.2, 0.25) is 0 Å². The number of aryl methyl sites for hydroxylation is 2. The first-order valence-corrected chi connectivity index (χ1v) is 11.3. The van der Waals surface area contributed by atoms with E-state index in [0.717, 1.165) is 53.2 Å². The summed E-state index contributed by atoms with van der Waals surface area (Å²) in [6.45, 7) is 3.45. The number of hydrogen-bond acceptors (Lipinski definition) is 5. The molecule has 2 aromatic heterocycles. The van der Waals surface area contributed by atoms with Gasteiger partial charge in [0.1, 0.15) is 5.82 Å². The van der Waals surface area contributed by atoms with Crippen LogP contribution in [0.2, 0.25) is 0 Å². The quantitative estimate of drug-likeness (QED) is 0.445. The molecule has 172 valence electrons. The maximum Gasteiger partial charge on any atom is 0.359 e. The molecule has 0 saturated carbocycles. The highest BCUT2D eigenvalue weighted by Gasteiger charge is 2.28. The molecule has 0 aliphatic heterocycles. The van der Waals surface area contributed by atoms with Crippen LogP contribution >= 0.6 is 0 Å². The fraction of sp³-hybridized carbons (Fsp3) is 0.231. The summed E-state index contributed by atoms with van der Waals surface area (Å²) in [6.07, 6.45) is 2.59. The SMILES string of the molecule is Cc1ccc(-n2nc(C)cc2NC(=O)COC(=O)c2nn(-c3ccccc3)c3c2CCC3)cc1. The number of carbonyl (C=O) groups is 2. The molecule has 0 radical (unpaired) electrons. The van der Waals surface area contributed by atoms with E-state index in [1.165, 1.54) is 0 Å². The summed E-state index contributed by atoms with van der Waals surface area (Å²) in [5.74, 6) is -0.524. The maximum atomic E-state index is 12.8. The van der Waals surface area contributed by atoms with Gasteiger partial charge in [0.05, 0.1) is 17.1 Å². The number of nitrogens with zero attached hydrogens (tertiary/aromatic N) is 4. The van der Waals surface area contributed by atoms with E-state index in [1.807, 2.05) is 73.1 Å². The molecule has 8 heteroatoms. The number of amides is 1. The molecule has 2 aromatic carbocycles. The zero-order valence-corrected chi connectivity index (χ0v) is 19.1. The number of para-hydroxylation sites is 1. The predicted molar refractivity (Wildman–Crippen MR) is 128 cm³/mol. The molecule has 1 amide bonds. The summed E-state index contributed by atoms with van der Waals surface area (Å²) in [4.78, 5) is 25.4. The summed E-state index contributed by atoms with van der Waals surface area (Å²) < 4.78 is 8.81. The van der Waals surface area contributed by atoms with Gasteiger partial charge in [-0.25, -0.2) is 14.2 Å². The van der Waals surface area contributed by atoms with Gasteiger partial charge in [-0.3, -0.25) is 4.79 Å². The van der Waals surface area contributed by atoms with Crippen LogP contribution in [0.25, 0.3) is 11.4 Å². The van der Waals surface area contributed by atoms with Crippen molar-refractivity contribution in [2.45, 2.75) is 33.1 Å². The van der Waals surface area contributed by atoms with Crippen molar-refractivity contribution in [3.63, 3.8) is 0 Å². The van der Waals surface area contributed by atoms with Crippen molar-refractivity contribution in [1.82, 2.24) is 19.6 Å². The molecule has 0 unspecified atom stereocenters. The first-order chi connectivity index (χ1) is 16.5. The van der Waals surface area contributed by atoms with Gasteiger partial charge in [-0.1, -0.05) is 35.9 Å². The van der Waals surface area contributed by atoms with Crippen LogP contribution in [-0.4, -0.2) is 38.0 Å². The molecule has 1 N–H and O–H groups in total. The summed E-state index contributed by atoms with van der Waals surface area (Å²) in [5, 5.41) is 11.8. The average Bonchev–Trinajstić information content (AvgIpc) is 3.54. The summed E-state index contributed by atoms with van der Waals surface area (Å²) in [7, 11) is 0. The first kappa shape index (κ1) is 21.6. The van der Waals surface area contributed by atoms with Crippen molar-refractivity contribution >= 4 is 17.7 Å². The fourth-order valence-corrected chi connectivity index (χ4v) is 4.23. The lowest BCUT2D eigenvalue weighted by Crippen LogP contribution is -2.23. The van der Waals surface area contributed by atoms with Crippen LogP contribution in [0.4, 0.5) is 5.82 Å². The van der Waals surface area contributed by atoms with E-state index in [-0.39, 0.29) is 5.69 Å². The van der Waals surface area contributed by atoms with Crippen LogP contribution < -0.4 is 5.32 Å². The number of ether oxygens (including phenoxy) is 1. The van der Waals surface area contributed by atoms with Crippen LogP contribution in [0.1, 0.15) is 39.4 Å². The topological polar surface area (TPSA) is 91.0 Å². The van der Waals surface area contributed by atoms with Crippen LogP contribution in [0, 0.1) is 13.8 Å². The average molecular weight is 456 g/mol. The molecule has 34 heavy (non-hydrogen) atoms. The van der Waals surface area contributed by atoms with Gasteiger partial charge < -0.3 is 10.1 Å². The second-order valence-electron chi connectivity index (χ2n) is 8.42. The minimum absolute atomic E-state index is 0.282. The number of esters is 1. The number of hydrogen-bond donors (Lipinski definition) is 1. The van der Waals surface area contributed by atoms with Gasteiger partial charge in [0, 0.05) is 17.3 Å². The monoisotopic (exact) mass is 455 g/mol. The second-order valence-corrected chi connectivity index (χ2v) is 8.42. The van der Waals surface area contributed by atoms with E-state index in [4.69, 9.17) is 4.74 Å². The van der Waals surface area contributed by atoms with Crippen LogP contribution in [0.15, 0.2) is 60.7 Å². The van der Waals surface area contributed by atoms with Gasteiger partial charge in [-0.05, 0) is 57.4 Å². The van der Waals surface area contributed by atoms with Gasteiger partial charge in [-0.2, -0.15) is 10.2 Å². The molecule has 0 atom stereocenters. The minimum atomic E-state index is -0.591. The highest BCUT2D eigenvalue weighted by atomic mass is 16.5. The van der Waals surface area contributed by atoms with E-state index in [0.29, 0.717) is 5.82 Å². The molecular weight excluding hydrogens is 430 g/mol. The van der Waals surface area contributed by atoms with E-state index in [2.05, 4.69) is 15.5 Å². The van der Waals surface area contributed by atoms with Crippen LogP contribution in [0.3, 0.4) is 0 Å².